The van der Waals surface area contributed by atoms with Crippen LogP contribution in [0.1, 0.15) is 46.0 Å². The lowest BCUT2D eigenvalue weighted by Gasteiger charge is -2.24. The van der Waals surface area contributed by atoms with E-state index >= 15 is 0 Å². The van der Waals surface area contributed by atoms with Gasteiger partial charge < -0.3 is 10.2 Å². The Labute approximate surface area is 111 Å². The van der Waals surface area contributed by atoms with Gasteiger partial charge in [-0.05, 0) is 56.5 Å². The van der Waals surface area contributed by atoms with Gasteiger partial charge in [-0.2, -0.15) is 0 Å². The number of carbonyl (C=O) groups is 1. The molecule has 0 saturated carbocycles. The minimum absolute atomic E-state index is 0.392. The van der Waals surface area contributed by atoms with Crippen molar-refractivity contribution in [2.75, 3.05) is 26.2 Å². The van der Waals surface area contributed by atoms with Crippen molar-refractivity contribution in [3.8, 4) is 0 Å². The number of rotatable bonds is 4. The Kier molecular flexibility index (Phi) is 5.04. The van der Waals surface area contributed by atoms with Crippen LogP contribution in [0, 0.1) is 17.8 Å². The molecule has 0 aromatic heterocycles. The molecule has 2 aliphatic rings. The molecular weight excluding hydrogens is 224 g/mol. The summed E-state index contributed by atoms with van der Waals surface area (Å²) in [5.74, 6) is 2.56. The molecule has 0 radical (unpaired) electrons. The maximum Gasteiger partial charge on any atom is 0.222 e. The van der Waals surface area contributed by atoms with E-state index in [0.717, 1.165) is 50.9 Å². The van der Waals surface area contributed by atoms with Crippen molar-refractivity contribution >= 4 is 5.91 Å². The van der Waals surface area contributed by atoms with Gasteiger partial charge >= 0.3 is 0 Å². The zero-order valence-corrected chi connectivity index (χ0v) is 12.0. The normalized spacial score (nSPS) is 28.9. The maximum absolute atomic E-state index is 12.2. The number of hydrogen-bond donors (Lipinski definition) is 1. The smallest absolute Gasteiger partial charge is 0.222 e. The number of nitrogens with one attached hydrogen (secondary N) is 1. The Morgan fingerprint density at radius 1 is 1.39 bits per heavy atom. The van der Waals surface area contributed by atoms with Crippen LogP contribution in [0.5, 0.6) is 0 Å². The molecule has 0 bridgehead atoms. The molecule has 2 unspecified atom stereocenters. The predicted octanol–water partition coefficient (Wildman–Crippen LogP) is 2.27. The Morgan fingerprint density at radius 2 is 2.22 bits per heavy atom. The van der Waals surface area contributed by atoms with E-state index in [1.807, 2.05) is 0 Å². The SMILES string of the molecule is CC(C)C1CCN(C(=O)CCC2CCCNC2)C1. The molecule has 0 aromatic rings. The second-order valence-electron chi connectivity index (χ2n) is 6.38. The third-order valence-corrected chi connectivity index (χ3v) is 4.69. The first kappa shape index (κ1) is 13.9. The second-order valence-corrected chi connectivity index (χ2v) is 6.38. The summed E-state index contributed by atoms with van der Waals surface area (Å²) in [6.45, 7) is 8.80. The Balaban J connectivity index is 1.68. The first-order valence-electron chi connectivity index (χ1n) is 7.65. The van der Waals surface area contributed by atoms with Crippen LogP contribution in [0.15, 0.2) is 0 Å². The molecule has 0 aliphatic carbocycles. The highest BCUT2D eigenvalue weighted by atomic mass is 16.2. The average Bonchev–Trinajstić information content (AvgIpc) is 2.87. The van der Waals surface area contributed by atoms with Crippen molar-refractivity contribution in [1.82, 2.24) is 10.2 Å². The van der Waals surface area contributed by atoms with Gasteiger partial charge in [-0.15, -0.1) is 0 Å². The predicted molar refractivity (Wildman–Crippen MR) is 74.4 cm³/mol. The van der Waals surface area contributed by atoms with Crippen molar-refractivity contribution in [1.29, 1.82) is 0 Å². The fourth-order valence-corrected chi connectivity index (χ4v) is 3.21. The summed E-state index contributed by atoms with van der Waals surface area (Å²) in [7, 11) is 0. The molecule has 2 heterocycles. The van der Waals surface area contributed by atoms with Crippen LogP contribution in [-0.4, -0.2) is 37.0 Å². The lowest BCUT2D eigenvalue weighted by atomic mass is 9.94. The van der Waals surface area contributed by atoms with Gasteiger partial charge in [0.15, 0.2) is 0 Å². The molecule has 2 fully saturated rings. The quantitative estimate of drug-likeness (QED) is 0.832. The molecule has 1 amide bonds. The van der Waals surface area contributed by atoms with Gasteiger partial charge in [-0.3, -0.25) is 4.79 Å². The summed E-state index contributed by atoms with van der Waals surface area (Å²) < 4.78 is 0. The topological polar surface area (TPSA) is 32.3 Å². The lowest BCUT2D eigenvalue weighted by Crippen LogP contribution is -2.32. The van der Waals surface area contributed by atoms with Crippen LogP contribution >= 0.6 is 0 Å². The monoisotopic (exact) mass is 252 g/mol. The maximum atomic E-state index is 12.2. The Bertz CT molecular complexity index is 272. The summed E-state index contributed by atoms with van der Waals surface area (Å²) in [4.78, 5) is 14.3. The van der Waals surface area contributed by atoms with Crippen molar-refractivity contribution in [3.63, 3.8) is 0 Å². The minimum Gasteiger partial charge on any atom is -0.342 e. The lowest BCUT2D eigenvalue weighted by molar-refractivity contribution is -0.130. The van der Waals surface area contributed by atoms with Crippen molar-refractivity contribution in [2.24, 2.45) is 17.8 Å². The van der Waals surface area contributed by atoms with Gasteiger partial charge in [0.05, 0.1) is 0 Å². The molecule has 2 atom stereocenters. The van der Waals surface area contributed by atoms with Crippen molar-refractivity contribution < 1.29 is 4.79 Å². The summed E-state index contributed by atoms with van der Waals surface area (Å²) in [5.41, 5.74) is 0. The van der Waals surface area contributed by atoms with Gasteiger partial charge in [-0.25, -0.2) is 0 Å². The van der Waals surface area contributed by atoms with Gasteiger partial charge in [0.1, 0.15) is 0 Å². The summed E-state index contributed by atoms with van der Waals surface area (Å²) >= 11 is 0. The van der Waals surface area contributed by atoms with Gasteiger partial charge in [0, 0.05) is 19.5 Å². The number of likely N-dealkylation sites (tertiary alicyclic amines) is 1. The van der Waals surface area contributed by atoms with Gasteiger partial charge in [0.25, 0.3) is 0 Å². The van der Waals surface area contributed by atoms with Crippen LogP contribution < -0.4 is 5.32 Å². The first-order valence-corrected chi connectivity index (χ1v) is 7.65. The third-order valence-electron chi connectivity index (χ3n) is 4.69. The molecule has 2 saturated heterocycles. The van der Waals surface area contributed by atoms with E-state index in [-0.39, 0.29) is 0 Å². The van der Waals surface area contributed by atoms with Crippen LogP contribution in [0.2, 0.25) is 0 Å². The van der Waals surface area contributed by atoms with E-state index < -0.39 is 0 Å². The zero-order valence-electron chi connectivity index (χ0n) is 12.0. The molecule has 3 heteroatoms. The minimum atomic E-state index is 0.392. The Morgan fingerprint density at radius 3 is 2.83 bits per heavy atom. The third kappa shape index (κ3) is 3.71. The number of hydrogen-bond acceptors (Lipinski definition) is 2. The molecule has 3 nitrogen and oxygen atoms in total. The molecule has 2 aliphatic heterocycles. The molecule has 1 N–H and O–H groups in total. The van der Waals surface area contributed by atoms with Crippen molar-refractivity contribution in [3.05, 3.63) is 0 Å². The summed E-state index contributed by atoms with van der Waals surface area (Å²) in [6, 6.07) is 0. The van der Waals surface area contributed by atoms with E-state index in [9.17, 15) is 4.79 Å². The van der Waals surface area contributed by atoms with E-state index in [2.05, 4.69) is 24.1 Å². The highest BCUT2D eigenvalue weighted by Gasteiger charge is 2.28. The number of piperidine rings is 1. The number of carbonyl (C=O) groups excluding carboxylic acids is 1. The highest BCUT2D eigenvalue weighted by molar-refractivity contribution is 5.76. The molecular formula is C15H28N2O. The van der Waals surface area contributed by atoms with E-state index in [0.29, 0.717) is 11.8 Å². The van der Waals surface area contributed by atoms with Gasteiger partial charge in [0.2, 0.25) is 5.91 Å². The van der Waals surface area contributed by atoms with E-state index in [1.165, 1.54) is 19.3 Å². The highest BCUT2D eigenvalue weighted by Crippen LogP contribution is 2.25. The second kappa shape index (κ2) is 6.55. The number of amides is 1. The first-order chi connectivity index (χ1) is 8.66. The van der Waals surface area contributed by atoms with Crippen LogP contribution in [0.3, 0.4) is 0 Å². The zero-order chi connectivity index (χ0) is 13.0. The van der Waals surface area contributed by atoms with Crippen LogP contribution in [0.25, 0.3) is 0 Å². The summed E-state index contributed by atoms with van der Waals surface area (Å²) in [6.07, 6.45) is 5.62. The van der Waals surface area contributed by atoms with Gasteiger partial charge in [-0.1, -0.05) is 13.8 Å². The van der Waals surface area contributed by atoms with Crippen molar-refractivity contribution in [2.45, 2.75) is 46.0 Å². The molecule has 2 rings (SSSR count). The van der Waals surface area contributed by atoms with E-state index in [1.54, 1.807) is 0 Å². The molecule has 0 spiro atoms. The summed E-state index contributed by atoms with van der Waals surface area (Å²) in [5, 5.41) is 3.43. The average molecular weight is 252 g/mol. The molecule has 104 valence electrons. The fourth-order valence-electron chi connectivity index (χ4n) is 3.21. The fraction of sp³-hybridized carbons (Fsp3) is 0.933. The number of nitrogens with zero attached hydrogens (tertiary/aromatic N) is 1. The Hall–Kier alpha value is -0.570. The molecule has 0 aromatic carbocycles. The standard InChI is InChI=1S/C15H28N2O/c1-12(2)14-7-9-17(11-14)15(18)6-5-13-4-3-8-16-10-13/h12-14,16H,3-11H2,1-2H3. The molecule has 18 heavy (non-hydrogen) atoms. The van der Waals surface area contributed by atoms with E-state index in [4.69, 9.17) is 0 Å². The largest absolute Gasteiger partial charge is 0.342 e. The van der Waals surface area contributed by atoms with Crippen LogP contribution in [-0.2, 0) is 4.79 Å². The van der Waals surface area contributed by atoms with Crippen LogP contribution in [0.4, 0.5) is 0 Å².